The molecular weight excluding hydrogens is 261 g/mol. The number of hydrogen-bond acceptors (Lipinski definition) is 4. The van der Waals surface area contributed by atoms with Crippen LogP contribution in [-0.4, -0.2) is 16.5 Å². The molecule has 1 N–H and O–H groups in total. The number of halogens is 1. The molecule has 0 saturated heterocycles. The van der Waals surface area contributed by atoms with Gasteiger partial charge in [0.2, 0.25) is 0 Å². The van der Waals surface area contributed by atoms with E-state index in [1.165, 1.54) is 6.07 Å². The monoisotopic (exact) mass is 277 g/mol. The van der Waals surface area contributed by atoms with Crippen LogP contribution in [-0.2, 0) is 6.42 Å². The normalized spacial score (nSPS) is 10.8. The lowest BCUT2D eigenvalue weighted by atomic mass is 10.1. The first kappa shape index (κ1) is 14.2. The summed E-state index contributed by atoms with van der Waals surface area (Å²) in [5.74, 6) is 0.0129. The van der Waals surface area contributed by atoms with E-state index in [0.717, 1.165) is 31.0 Å². The molecule has 1 aromatic heterocycles. The smallest absolute Gasteiger partial charge is 0.298 e. The van der Waals surface area contributed by atoms with Crippen LogP contribution >= 0.6 is 0 Å². The molecular formula is C14H16FN3O2. The predicted octanol–water partition coefficient (Wildman–Crippen LogP) is 3.67. The minimum atomic E-state index is -0.623. The topological polar surface area (TPSA) is 68.1 Å². The van der Waals surface area contributed by atoms with Crippen LogP contribution < -0.4 is 5.32 Å². The number of rotatable bonds is 5. The molecule has 2 aromatic rings. The van der Waals surface area contributed by atoms with E-state index in [4.69, 9.17) is 0 Å². The highest BCUT2D eigenvalue weighted by Crippen LogP contribution is 2.29. The molecule has 106 valence electrons. The number of nitro groups is 1. The van der Waals surface area contributed by atoms with Crippen LogP contribution in [0.2, 0.25) is 0 Å². The maximum Gasteiger partial charge on any atom is 0.298 e. The van der Waals surface area contributed by atoms with Gasteiger partial charge in [-0.15, -0.1) is 0 Å². The molecule has 0 aliphatic carbocycles. The number of non-ortho nitro benzene ring substituents is 1. The SMILES string of the molecule is CCCNc1nc2c([N+](=O)[O-])cc(F)cc2cc1CC. The van der Waals surface area contributed by atoms with Crippen LogP contribution in [0.1, 0.15) is 25.8 Å². The minimum absolute atomic E-state index is 0.215. The van der Waals surface area contributed by atoms with Crippen LogP contribution in [0, 0.1) is 15.9 Å². The quantitative estimate of drug-likeness (QED) is 0.668. The van der Waals surface area contributed by atoms with E-state index in [0.29, 0.717) is 11.2 Å². The van der Waals surface area contributed by atoms with Crippen molar-refractivity contribution in [1.82, 2.24) is 4.98 Å². The number of hydrogen-bond donors (Lipinski definition) is 1. The maximum atomic E-state index is 13.4. The first-order valence-electron chi connectivity index (χ1n) is 6.58. The number of nitro benzene ring substituents is 1. The van der Waals surface area contributed by atoms with Crippen molar-refractivity contribution in [2.45, 2.75) is 26.7 Å². The van der Waals surface area contributed by atoms with Gasteiger partial charge in [0.25, 0.3) is 5.69 Å². The lowest BCUT2D eigenvalue weighted by molar-refractivity contribution is -0.383. The fourth-order valence-electron chi connectivity index (χ4n) is 2.08. The maximum absolute atomic E-state index is 13.4. The molecule has 0 spiro atoms. The third-order valence-corrected chi connectivity index (χ3v) is 3.06. The van der Waals surface area contributed by atoms with Crippen LogP contribution in [0.25, 0.3) is 10.9 Å². The van der Waals surface area contributed by atoms with E-state index < -0.39 is 10.7 Å². The van der Waals surface area contributed by atoms with Crippen molar-refractivity contribution in [3.63, 3.8) is 0 Å². The van der Waals surface area contributed by atoms with E-state index in [1.54, 1.807) is 6.07 Å². The second-order valence-electron chi connectivity index (χ2n) is 4.53. The molecule has 0 atom stereocenters. The van der Waals surface area contributed by atoms with Crippen molar-refractivity contribution < 1.29 is 9.31 Å². The Hall–Kier alpha value is -2.24. The summed E-state index contributed by atoms with van der Waals surface area (Å²) in [5.41, 5.74) is 0.834. The Morgan fingerprint density at radius 2 is 2.10 bits per heavy atom. The van der Waals surface area contributed by atoms with Gasteiger partial charge < -0.3 is 5.32 Å². The molecule has 0 fully saturated rings. The van der Waals surface area contributed by atoms with Crippen molar-refractivity contribution in [3.05, 3.63) is 39.7 Å². The number of nitrogens with zero attached hydrogens (tertiary/aromatic N) is 2. The van der Waals surface area contributed by atoms with Crippen LogP contribution in [0.15, 0.2) is 18.2 Å². The first-order valence-corrected chi connectivity index (χ1v) is 6.58. The average molecular weight is 277 g/mol. The molecule has 0 bridgehead atoms. The van der Waals surface area contributed by atoms with Gasteiger partial charge >= 0.3 is 0 Å². The summed E-state index contributed by atoms with van der Waals surface area (Å²) in [6.45, 7) is 4.73. The van der Waals surface area contributed by atoms with E-state index in [-0.39, 0.29) is 11.2 Å². The molecule has 0 unspecified atom stereocenters. The Morgan fingerprint density at radius 1 is 1.35 bits per heavy atom. The zero-order valence-electron chi connectivity index (χ0n) is 11.4. The lowest BCUT2D eigenvalue weighted by Gasteiger charge is -2.11. The zero-order chi connectivity index (χ0) is 14.7. The largest absolute Gasteiger partial charge is 0.370 e. The highest BCUT2D eigenvalue weighted by atomic mass is 19.1. The lowest BCUT2D eigenvalue weighted by Crippen LogP contribution is -2.06. The number of anilines is 1. The molecule has 0 aliphatic heterocycles. The summed E-state index contributed by atoms with van der Waals surface area (Å²) in [4.78, 5) is 14.7. The molecule has 1 aromatic carbocycles. The van der Waals surface area contributed by atoms with E-state index >= 15 is 0 Å². The first-order chi connectivity index (χ1) is 9.56. The van der Waals surface area contributed by atoms with Gasteiger partial charge in [0.1, 0.15) is 11.6 Å². The molecule has 20 heavy (non-hydrogen) atoms. The van der Waals surface area contributed by atoms with Crippen molar-refractivity contribution in [2.24, 2.45) is 0 Å². The zero-order valence-corrected chi connectivity index (χ0v) is 11.4. The Balaban J connectivity index is 2.67. The second-order valence-corrected chi connectivity index (χ2v) is 4.53. The number of benzene rings is 1. The van der Waals surface area contributed by atoms with Crippen molar-refractivity contribution in [3.8, 4) is 0 Å². The standard InChI is InChI=1S/C14H16FN3O2/c1-3-5-16-14-9(4-2)6-10-7-11(15)8-12(18(19)20)13(10)17-14/h6-8H,3-5H2,1-2H3,(H,16,17). The number of aromatic nitrogens is 1. The van der Waals surface area contributed by atoms with Gasteiger partial charge in [-0.25, -0.2) is 9.37 Å². The Labute approximate surface area is 116 Å². The van der Waals surface area contributed by atoms with Crippen molar-refractivity contribution in [2.75, 3.05) is 11.9 Å². The molecule has 0 radical (unpaired) electrons. The molecule has 0 saturated carbocycles. The fourth-order valence-corrected chi connectivity index (χ4v) is 2.08. The summed E-state index contributed by atoms with van der Waals surface area (Å²) >= 11 is 0. The number of fused-ring (bicyclic) bond motifs is 1. The number of nitrogens with one attached hydrogen (secondary N) is 1. The Morgan fingerprint density at radius 3 is 2.70 bits per heavy atom. The molecule has 0 aliphatic rings. The Bertz CT molecular complexity index is 658. The average Bonchev–Trinajstić information content (AvgIpc) is 2.43. The van der Waals surface area contributed by atoms with Crippen molar-refractivity contribution in [1.29, 1.82) is 0 Å². The third-order valence-electron chi connectivity index (χ3n) is 3.06. The second kappa shape index (κ2) is 5.81. The van der Waals surface area contributed by atoms with Crippen LogP contribution in [0.4, 0.5) is 15.9 Å². The molecule has 2 rings (SSSR count). The molecule has 0 amide bonds. The number of pyridine rings is 1. The van der Waals surface area contributed by atoms with Crippen LogP contribution in [0.3, 0.4) is 0 Å². The van der Waals surface area contributed by atoms with Gasteiger partial charge in [0.05, 0.1) is 11.0 Å². The number of aryl methyl sites for hydroxylation is 1. The summed E-state index contributed by atoms with van der Waals surface area (Å²) in [6, 6.07) is 3.94. The van der Waals surface area contributed by atoms with E-state index in [1.807, 2.05) is 13.8 Å². The minimum Gasteiger partial charge on any atom is -0.370 e. The van der Waals surface area contributed by atoms with Crippen molar-refractivity contribution >= 4 is 22.4 Å². The Kier molecular flexibility index (Phi) is 4.12. The summed E-state index contributed by atoms with van der Waals surface area (Å²) in [5, 5.41) is 14.6. The van der Waals surface area contributed by atoms with Gasteiger partial charge in [-0.2, -0.15) is 0 Å². The van der Waals surface area contributed by atoms with Gasteiger partial charge in [-0.05, 0) is 30.5 Å². The highest BCUT2D eigenvalue weighted by Gasteiger charge is 2.17. The van der Waals surface area contributed by atoms with Gasteiger partial charge in [-0.1, -0.05) is 13.8 Å². The van der Waals surface area contributed by atoms with Crippen LogP contribution in [0.5, 0.6) is 0 Å². The summed E-state index contributed by atoms with van der Waals surface area (Å²) in [6.07, 6.45) is 1.65. The third kappa shape index (κ3) is 2.68. The fraction of sp³-hybridized carbons (Fsp3) is 0.357. The molecule has 5 nitrogen and oxygen atoms in total. The van der Waals surface area contributed by atoms with E-state index in [2.05, 4.69) is 10.3 Å². The molecule has 6 heteroatoms. The highest BCUT2D eigenvalue weighted by molar-refractivity contribution is 5.89. The van der Waals surface area contributed by atoms with E-state index in [9.17, 15) is 14.5 Å². The molecule has 1 heterocycles. The van der Waals surface area contributed by atoms with Gasteiger partial charge in [0, 0.05) is 11.9 Å². The van der Waals surface area contributed by atoms with Gasteiger partial charge in [-0.3, -0.25) is 10.1 Å². The summed E-state index contributed by atoms with van der Waals surface area (Å²) in [7, 11) is 0. The van der Waals surface area contributed by atoms with Gasteiger partial charge in [0.15, 0.2) is 5.52 Å². The predicted molar refractivity (Wildman–Crippen MR) is 76.5 cm³/mol. The summed E-state index contributed by atoms with van der Waals surface area (Å²) < 4.78 is 13.4.